The third-order valence-electron chi connectivity index (χ3n) is 6.97. The number of amides is 1. The number of hydrogen-bond acceptors (Lipinski definition) is 9. The standard InChI is InChI=1S/C30H47N5O6/c1-2-3-4-5-6-7-8-9-10-11-12-13-15-18-27(37)25(23-36)32-28(38)19-16-14-17-22-31-24-20-21-26(35(39)40)30-29(24)33-41-34-30/h12-13,15,18,20-21,25,27,31,36-37H,2-11,14,16-17,19,22-23H2,1H3,(H,32,38)/b13-12+,18-15+/t25-,27+/m0/s1. The maximum Gasteiger partial charge on any atom is 0.300 e. The van der Waals surface area contributed by atoms with Gasteiger partial charge in [0.1, 0.15) is 0 Å². The van der Waals surface area contributed by atoms with Gasteiger partial charge in [-0.1, -0.05) is 89.0 Å². The minimum Gasteiger partial charge on any atom is -0.394 e. The largest absolute Gasteiger partial charge is 0.394 e. The number of hydrogen-bond donors (Lipinski definition) is 4. The zero-order valence-electron chi connectivity index (χ0n) is 24.3. The summed E-state index contributed by atoms with van der Waals surface area (Å²) in [5, 5.41) is 44.3. The highest BCUT2D eigenvalue weighted by molar-refractivity contribution is 5.93. The molecule has 0 radical (unpaired) electrons. The van der Waals surface area contributed by atoms with Crippen molar-refractivity contribution in [2.24, 2.45) is 0 Å². The minimum absolute atomic E-state index is 0.0947. The van der Waals surface area contributed by atoms with Crippen LogP contribution in [0.25, 0.3) is 11.0 Å². The number of aliphatic hydroxyl groups is 2. The second kappa shape index (κ2) is 20.5. The molecule has 41 heavy (non-hydrogen) atoms. The molecule has 1 aromatic carbocycles. The summed E-state index contributed by atoms with van der Waals surface area (Å²) >= 11 is 0. The van der Waals surface area contributed by atoms with Crippen molar-refractivity contribution in [3.05, 3.63) is 46.6 Å². The van der Waals surface area contributed by atoms with E-state index in [2.05, 4.69) is 38.6 Å². The Hall–Kier alpha value is -3.31. The van der Waals surface area contributed by atoms with E-state index in [9.17, 15) is 25.1 Å². The first-order chi connectivity index (χ1) is 20.0. The van der Waals surface area contributed by atoms with Gasteiger partial charge in [0.2, 0.25) is 11.4 Å². The number of rotatable bonds is 23. The molecule has 0 spiro atoms. The molecule has 11 nitrogen and oxygen atoms in total. The van der Waals surface area contributed by atoms with E-state index in [0.29, 0.717) is 24.2 Å². The van der Waals surface area contributed by atoms with Crippen molar-refractivity contribution in [1.82, 2.24) is 15.6 Å². The fourth-order valence-electron chi connectivity index (χ4n) is 4.53. The molecule has 0 unspecified atom stereocenters. The van der Waals surface area contributed by atoms with Gasteiger partial charge >= 0.3 is 5.69 Å². The lowest BCUT2D eigenvalue weighted by Gasteiger charge is -2.19. The van der Waals surface area contributed by atoms with Crippen LogP contribution in [-0.4, -0.2) is 56.7 Å². The van der Waals surface area contributed by atoms with Crippen molar-refractivity contribution in [3.8, 4) is 0 Å². The van der Waals surface area contributed by atoms with Crippen molar-refractivity contribution in [2.75, 3.05) is 18.5 Å². The molecule has 11 heteroatoms. The number of nitro groups is 1. The van der Waals surface area contributed by atoms with Crippen molar-refractivity contribution in [1.29, 1.82) is 0 Å². The highest BCUT2D eigenvalue weighted by Gasteiger charge is 2.20. The van der Waals surface area contributed by atoms with Gasteiger partial charge in [-0.25, -0.2) is 4.63 Å². The molecule has 0 aliphatic heterocycles. The van der Waals surface area contributed by atoms with Gasteiger partial charge in [0.15, 0.2) is 5.52 Å². The molecule has 0 fully saturated rings. The van der Waals surface area contributed by atoms with Crippen molar-refractivity contribution >= 4 is 28.3 Å². The molecule has 228 valence electrons. The van der Waals surface area contributed by atoms with E-state index in [-0.39, 0.29) is 30.1 Å². The highest BCUT2D eigenvalue weighted by Crippen LogP contribution is 2.28. The molecular weight excluding hydrogens is 526 g/mol. The van der Waals surface area contributed by atoms with Crippen LogP contribution in [0.3, 0.4) is 0 Å². The molecule has 0 saturated heterocycles. The number of unbranched alkanes of at least 4 members (excludes halogenated alkanes) is 11. The lowest BCUT2D eigenvalue weighted by atomic mass is 10.1. The van der Waals surface area contributed by atoms with Crippen LogP contribution in [0.5, 0.6) is 0 Å². The highest BCUT2D eigenvalue weighted by atomic mass is 16.6. The number of carbonyl (C=O) groups excluding carboxylic acids is 1. The normalized spacial score (nSPS) is 13.2. The maximum absolute atomic E-state index is 12.3. The molecule has 1 amide bonds. The smallest absolute Gasteiger partial charge is 0.300 e. The number of anilines is 1. The Labute approximate surface area is 242 Å². The van der Waals surface area contributed by atoms with E-state index in [1.54, 1.807) is 18.2 Å². The SMILES string of the molecule is CCCCCCCCCCC/C=C/C=C/[C@@H](O)[C@H](CO)NC(=O)CCCCCNc1ccc([N+](=O)[O-])c2nonc12. The topological polar surface area (TPSA) is 164 Å². The van der Waals surface area contributed by atoms with Gasteiger partial charge in [0.25, 0.3) is 0 Å². The molecule has 4 N–H and O–H groups in total. The average Bonchev–Trinajstić information content (AvgIpc) is 3.46. The van der Waals surface area contributed by atoms with Gasteiger partial charge in [0, 0.05) is 19.0 Å². The van der Waals surface area contributed by atoms with E-state index in [4.69, 9.17) is 0 Å². The summed E-state index contributed by atoms with van der Waals surface area (Å²) in [6.45, 7) is 2.46. The van der Waals surface area contributed by atoms with Crippen LogP contribution in [-0.2, 0) is 4.79 Å². The van der Waals surface area contributed by atoms with Gasteiger partial charge in [-0.3, -0.25) is 14.9 Å². The molecule has 1 heterocycles. The van der Waals surface area contributed by atoms with Crippen LogP contribution in [0.2, 0.25) is 0 Å². The fraction of sp³-hybridized carbons (Fsp3) is 0.633. The Balaban J connectivity index is 1.55. The van der Waals surface area contributed by atoms with Gasteiger partial charge in [-0.15, -0.1) is 0 Å². The second-order valence-corrected chi connectivity index (χ2v) is 10.4. The number of non-ortho nitro benzene ring substituents is 1. The Kier molecular flexibility index (Phi) is 17.0. The van der Waals surface area contributed by atoms with E-state index in [1.807, 2.05) is 6.08 Å². The van der Waals surface area contributed by atoms with E-state index in [1.165, 1.54) is 57.4 Å². The molecule has 0 saturated carbocycles. The van der Waals surface area contributed by atoms with E-state index < -0.39 is 17.1 Å². The summed E-state index contributed by atoms with van der Waals surface area (Å²) in [5.74, 6) is -0.226. The summed E-state index contributed by atoms with van der Waals surface area (Å²) in [5.41, 5.74) is 0.823. The maximum atomic E-state index is 12.3. The van der Waals surface area contributed by atoms with E-state index >= 15 is 0 Å². The molecule has 2 rings (SSSR count). The quantitative estimate of drug-likeness (QED) is 0.0542. The molecule has 0 aliphatic rings. The Morgan fingerprint density at radius 1 is 1.00 bits per heavy atom. The van der Waals surface area contributed by atoms with Crippen LogP contribution >= 0.6 is 0 Å². The number of benzene rings is 1. The molecule has 2 atom stereocenters. The van der Waals surface area contributed by atoms with Gasteiger partial charge in [-0.2, -0.15) is 0 Å². The van der Waals surface area contributed by atoms with Gasteiger partial charge in [-0.05, 0) is 42.1 Å². The number of aromatic nitrogens is 2. The summed E-state index contributed by atoms with van der Waals surface area (Å²) in [6.07, 6.45) is 21.5. The Morgan fingerprint density at radius 2 is 1.68 bits per heavy atom. The Bertz CT molecular complexity index is 1090. The third kappa shape index (κ3) is 13.3. The Morgan fingerprint density at radius 3 is 2.39 bits per heavy atom. The molecule has 1 aromatic heterocycles. The third-order valence-corrected chi connectivity index (χ3v) is 6.97. The lowest BCUT2D eigenvalue weighted by Crippen LogP contribution is -2.45. The van der Waals surface area contributed by atoms with Crippen LogP contribution in [0.1, 0.15) is 96.8 Å². The number of aliphatic hydroxyl groups excluding tert-OH is 2. The monoisotopic (exact) mass is 573 g/mol. The first-order valence-electron chi connectivity index (χ1n) is 15.0. The summed E-state index contributed by atoms with van der Waals surface area (Å²) in [4.78, 5) is 22.8. The van der Waals surface area contributed by atoms with Crippen molar-refractivity contribution < 1.29 is 24.6 Å². The summed E-state index contributed by atoms with van der Waals surface area (Å²) in [7, 11) is 0. The van der Waals surface area contributed by atoms with Crippen molar-refractivity contribution in [2.45, 2.75) is 109 Å². The number of nitrogens with zero attached hydrogens (tertiary/aromatic N) is 3. The number of nitrogens with one attached hydrogen (secondary N) is 2. The fourth-order valence-corrected chi connectivity index (χ4v) is 4.53. The van der Waals surface area contributed by atoms with Crippen LogP contribution in [0.15, 0.2) is 41.1 Å². The summed E-state index contributed by atoms with van der Waals surface area (Å²) in [6, 6.07) is 2.17. The zero-order valence-corrected chi connectivity index (χ0v) is 24.3. The van der Waals surface area contributed by atoms with Crippen molar-refractivity contribution in [3.63, 3.8) is 0 Å². The first kappa shape index (κ1) is 33.9. The molecule has 2 aromatic rings. The molecule has 0 aliphatic carbocycles. The molecular formula is C30H47N5O6. The number of carbonyl (C=O) groups is 1. The number of nitro benzene ring substituents is 1. The second-order valence-electron chi connectivity index (χ2n) is 10.4. The first-order valence-corrected chi connectivity index (χ1v) is 15.0. The minimum atomic E-state index is -0.977. The lowest BCUT2D eigenvalue weighted by molar-refractivity contribution is -0.383. The zero-order chi connectivity index (χ0) is 29.7. The number of fused-ring (bicyclic) bond motifs is 1. The predicted molar refractivity (Wildman–Crippen MR) is 161 cm³/mol. The van der Waals surface area contributed by atoms with Gasteiger partial charge < -0.3 is 20.8 Å². The molecule has 0 bridgehead atoms. The predicted octanol–water partition coefficient (Wildman–Crippen LogP) is 5.97. The number of allylic oxidation sites excluding steroid dienone is 3. The van der Waals surface area contributed by atoms with E-state index in [0.717, 1.165) is 25.7 Å². The van der Waals surface area contributed by atoms with Crippen LogP contribution in [0.4, 0.5) is 11.4 Å². The van der Waals surface area contributed by atoms with Gasteiger partial charge in [0.05, 0.1) is 29.4 Å². The van der Waals surface area contributed by atoms with Crippen LogP contribution < -0.4 is 10.6 Å². The average molecular weight is 574 g/mol. The summed E-state index contributed by atoms with van der Waals surface area (Å²) < 4.78 is 4.66. The van der Waals surface area contributed by atoms with Crippen LogP contribution in [0, 0.1) is 10.1 Å².